The third-order valence-electron chi connectivity index (χ3n) is 4.15. The molecule has 4 aromatic rings. The van der Waals surface area contributed by atoms with Crippen LogP contribution in [0.5, 0.6) is 17.4 Å². The van der Waals surface area contributed by atoms with E-state index in [9.17, 15) is 9.18 Å². The van der Waals surface area contributed by atoms with Crippen molar-refractivity contribution in [2.24, 2.45) is 0 Å². The van der Waals surface area contributed by atoms with E-state index in [2.05, 4.69) is 15.3 Å². The van der Waals surface area contributed by atoms with Crippen LogP contribution in [-0.2, 0) is 0 Å². The molecule has 0 fully saturated rings. The lowest BCUT2D eigenvalue weighted by Gasteiger charge is -2.10. The molecule has 0 aliphatic rings. The molecule has 8 heteroatoms. The number of hydrogen-bond acceptors (Lipinski definition) is 5. The number of amides is 1. The van der Waals surface area contributed by atoms with E-state index in [0.717, 1.165) is 0 Å². The second-order valence-electron chi connectivity index (χ2n) is 6.31. The summed E-state index contributed by atoms with van der Waals surface area (Å²) < 4.78 is 25.0. The van der Waals surface area contributed by atoms with Crippen LogP contribution in [0.2, 0.25) is 5.02 Å². The number of carbonyl (C=O) groups excluding carboxylic acids is 1. The molecule has 30 heavy (non-hydrogen) atoms. The molecule has 0 unspecified atom stereocenters. The number of ether oxygens (including phenoxy) is 2. The fourth-order valence-electron chi connectivity index (χ4n) is 2.80. The Morgan fingerprint density at radius 1 is 1.03 bits per heavy atom. The van der Waals surface area contributed by atoms with Gasteiger partial charge in [0.2, 0.25) is 5.88 Å². The van der Waals surface area contributed by atoms with Crippen molar-refractivity contribution in [3.8, 4) is 17.4 Å². The van der Waals surface area contributed by atoms with Crippen molar-refractivity contribution in [3.63, 3.8) is 0 Å². The van der Waals surface area contributed by atoms with Crippen LogP contribution < -0.4 is 14.8 Å². The summed E-state index contributed by atoms with van der Waals surface area (Å²) >= 11 is 5.92. The van der Waals surface area contributed by atoms with Gasteiger partial charge in [-0.3, -0.25) is 4.79 Å². The molecule has 0 radical (unpaired) electrons. The van der Waals surface area contributed by atoms with E-state index in [1.807, 2.05) is 0 Å². The SMILES string of the molecule is COc1cnc2ccc(Oc3cc(F)cc(NC(=O)c4cccc(Cl)c4)c3)cc2n1. The number of carbonyl (C=O) groups is 1. The molecule has 4 rings (SSSR count). The summed E-state index contributed by atoms with van der Waals surface area (Å²) in [5.41, 5.74) is 1.84. The summed E-state index contributed by atoms with van der Waals surface area (Å²) in [6.45, 7) is 0. The Morgan fingerprint density at radius 2 is 1.90 bits per heavy atom. The minimum atomic E-state index is -0.559. The molecule has 0 atom stereocenters. The molecule has 3 aromatic carbocycles. The largest absolute Gasteiger partial charge is 0.480 e. The summed E-state index contributed by atoms with van der Waals surface area (Å²) in [5.74, 6) is 0.0454. The van der Waals surface area contributed by atoms with Gasteiger partial charge in [-0.2, -0.15) is 0 Å². The molecule has 1 N–H and O–H groups in total. The topological polar surface area (TPSA) is 73.3 Å². The van der Waals surface area contributed by atoms with Gasteiger partial charge in [-0.1, -0.05) is 17.7 Å². The van der Waals surface area contributed by atoms with Gasteiger partial charge in [0.25, 0.3) is 5.91 Å². The molecule has 0 bridgehead atoms. The Hall–Kier alpha value is -3.71. The molecular weight excluding hydrogens is 409 g/mol. The number of aromatic nitrogens is 2. The Morgan fingerprint density at radius 3 is 2.70 bits per heavy atom. The standard InChI is InChI=1S/C22H15ClFN3O3/c1-29-21-12-25-19-6-5-17(11-20(19)27-21)30-18-9-15(24)8-16(10-18)26-22(28)13-3-2-4-14(23)7-13/h2-12H,1H3,(H,26,28). The van der Waals surface area contributed by atoms with Crippen molar-refractivity contribution in [1.29, 1.82) is 0 Å². The number of hydrogen-bond donors (Lipinski definition) is 1. The number of rotatable bonds is 5. The number of halogens is 2. The van der Waals surface area contributed by atoms with Crippen LogP contribution in [0, 0.1) is 5.82 Å². The summed E-state index contributed by atoms with van der Waals surface area (Å²) in [7, 11) is 1.50. The molecule has 1 heterocycles. The van der Waals surface area contributed by atoms with Crippen molar-refractivity contribution in [1.82, 2.24) is 9.97 Å². The lowest BCUT2D eigenvalue weighted by Crippen LogP contribution is -2.12. The summed E-state index contributed by atoms with van der Waals surface area (Å²) in [4.78, 5) is 20.9. The fourth-order valence-corrected chi connectivity index (χ4v) is 2.99. The van der Waals surface area contributed by atoms with Gasteiger partial charge < -0.3 is 14.8 Å². The summed E-state index contributed by atoms with van der Waals surface area (Å²) in [6.07, 6.45) is 1.52. The monoisotopic (exact) mass is 423 g/mol. The van der Waals surface area contributed by atoms with Crippen molar-refractivity contribution < 1.29 is 18.7 Å². The fraction of sp³-hybridized carbons (Fsp3) is 0.0455. The van der Waals surface area contributed by atoms with Crippen molar-refractivity contribution in [2.45, 2.75) is 0 Å². The molecule has 0 saturated carbocycles. The van der Waals surface area contributed by atoms with E-state index in [-0.39, 0.29) is 11.4 Å². The van der Waals surface area contributed by atoms with Crippen molar-refractivity contribution in [2.75, 3.05) is 12.4 Å². The van der Waals surface area contributed by atoms with Crippen LogP contribution in [-0.4, -0.2) is 23.0 Å². The minimum Gasteiger partial charge on any atom is -0.480 e. The zero-order chi connectivity index (χ0) is 21.1. The van der Waals surface area contributed by atoms with Crippen LogP contribution in [0.3, 0.4) is 0 Å². The lowest BCUT2D eigenvalue weighted by atomic mass is 10.2. The molecule has 1 aromatic heterocycles. The van der Waals surface area contributed by atoms with Gasteiger partial charge in [-0.25, -0.2) is 14.4 Å². The maximum absolute atomic E-state index is 14.1. The van der Waals surface area contributed by atoms with Crippen LogP contribution in [0.4, 0.5) is 10.1 Å². The van der Waals surface area contributed by atoms with Gasteiger partial charge in [-0.15, -0.1) is 0 Å². The van der Waals surface area contributed by atoms with E-state index < -0.39 is 11.7 Å². The second-order valence-corrected chi connectivity index (χ2v) is 6.74. The number of benzene rings is 3. The number of nitrogens with one attached hydrogen (secondary N) is 1. The predicted molar refractivity (Wildman–Crippen MR) is 112 cm³/mol. The average molecular weight is 424 g/mol. The predicted octanol–water partition coefficient (Wildman–Crippen LogP) is 5.48. The van der Waals surface area contributed by atoms with Crippen LogP contribution in [0.15, 0.2) is 66.9 Å². The molecule has 0 aliphatic carbocycles. The van der Waals surface area contributed by atoms with Crippen molar-refractivity contribution in [3.05, 3.63) is 83.3 Å². The quantitative estimate of drug-likeness (QED) is 0.460. The first-order valence-corrected chi connectivity index (χ1v) is 9.24. The van der Waals surface area contributed by atoms with Crippen LogP contribution in [0.25, 0.3) is 11.0 Å². The molecule has 0 spiro atoms. The Kier molecular flexibility index (Phi) is 5.45. The zero-order valence-electron chi connectivity index (χ0n) is 15.7. The molecule has 1 amide bonds. The van der Waals surface area contributed by atoms with Gasteiger partial charge in [0.05, 0.1) is 24.3 Å². The van der Waals surface area contributed by atoms with Gasteiger partial charge in [-0.05, 0) is 36.4 Å². The Balaban J connectivity index is 1.57. The molecule has 150 valence electrons. The van der Waals surface area contributed by atoms with Crippen LogP contribution >= 0.6 is 11.6 Å². The minimum absolute atomic E-state index is 0.214. The Bertz CT molecular complexity index is 1250. The average Bonchev–Trinajstić information content (AvgIpc) is 2.72. The van der Waals surface area contributed by atoms with E-state index in [1.165, 1.54) is 37.6 Å². The summed E-state index contributed by atoms with van der Waals surface area (Å²) in [6, 6.07) is 15.5. The van der Waals surface area contributed by atoms with Gasteiger partial charge in [0.15, 0.2) is 0 Å². The van der Waals surface area contributed by atoms with Crippen molar-refractivity contribution >= 4 is 34.2 Å². The highest BCUT2D eigenvalue weighted by molar-refractivity contribution is 6.31. The van der Waals surface area contributed by atoms with E-state index >= 15 is 0 Å². The maximum Gasteiger partial charge on any atom is 0.255 e. The third kappa shape index (κ3) is 4.47. The number of methoxy groups -OCH3 is 1. The number of nitrogens with zero attached hydrogens (tertiary/aromatic N) is 2. The molecule has 6 nitrogen and oxygen atoms in total. The number of fused-ring (bicyclic) bond motifs is 1. The highest BCUT2D eigenvalue weighted by Crippen LogP contribution is 2.28. The first-order valence-electron chi connectivity index (χ1n) is 8.86. The second kappa shape index (κ2) is 8.34. The maximum atomic E-state index is 14.1. The lowest BCUT2D eigenvalue weighted by molar-refractivity contribution is 0.102. The zero-order valence-corrected chi connectivity index (χ0v) is 16.5. The molecular formula is C22H15ClFN3O3. The molecule has 0 aliphatic heterocycles. The van der Waals surface area contributed by atoms with E-state index in [0.29, 0.717) is 33.2 Å². The van der Waals surface area contributed by atoms with Gasteiger partial charge in [0.1, 0.15) is 17.3 Å². The van der Waals surface area contributed by atoms with Gasteiger partial charge in [0, 0.05) is 34.5 Å². The first kappa shape index (κ1) is 19.6. The highest BCUT2D eigenvalue weighted by atomic mass is 35.5. The van der Waals surface area contributed by atoms with E-state index in [1.54, 1.807) is 36.4 Å². The van der Waals surface area contributed by atoms with Crippen LogP contribution in [0.1, 0.15) is 10.4 Å². The summed E-state index contributed by atoms with van der Waals surface area (Å²) in [5, 5.41) is 3.07. The Labute approximate surface area is 176 Å². The van der Waals surface area contributed by atoms with Gasteiger partial charge >= 0.3 is 0 Å². The molecule has 0 saturated heterocycles. The normalized spacial score (nSPS) is 10.6. The highest BCUT2D eigenvalue weighted by Gasteiger charge is 2.10. The first-order chi connectivity index (χ1) is 14.5. The number of anilines is 1. The third-order valence-corrected chi connectivity index (χ3v) is 4.39. The smallest absolute Gasteiger partial charge is 0.255 e. The van der Waals surface area contributed by atoms with E-state index in [4.69, 9.17) is 21.1 Å².